The van der Waals surface area contributed by atoms with E-state index in [1.807, 2.05) is 25.2 Å². The first-order valence-corrected chi connectivity index (χ1v) is 11.9. The summed E-state index contributed by atoms with van der Waals surface area (Å²) in [5.74, 6) is 0. The number of pyridine rings is 1. The number of β-amino-alcohol motifs (C(OH)–C–C–N with tert-alkyl or cyclic N) is 1. The number of hydrogen-bond donors (Lipinski definition) is 2. The third-order valence-corrected chi connectivity index (χ3v) is 7.59. The summed E-state index contributed by atoms with van der Waals surface area (Å²) in [7, 11) is -1.59. The van der Waals surface area contributed by atoms with Crippen molar-refractivity contribution in [2.45, 2.75) is 17.5 Å². The van der Waals surface area contributed by atoms with Crippen LogP contribution in [0.3, 0.4) is 0 Å². The molecule has 0 amide bonds. The molecule has 9 heteroatoms. The summed E-state index contributed by atoms with van der Waals surface area (Å²) >= 11 is 0. The van der Waals surface area contributed by atoms with Crippen LogP contribution in [0.1, 0.15) is 5.56 Å². The van der Waals surface area contributed by atoms with Crippen LogP contribution in [0.15, 0.2) is 59.8 Å². The molecule has 3 aromatic rings. The second-order valence-corrected chi connectivity index (χ2v) is 10.00. The zero-order valence-corrected chi connectivity index (χ0v) is 18.5. The van der Waals surface area contributed by atoms with E-state index >= 15 is 0 Å². The summed E-state index contributed by atoms with van der Waals surface area (Å²) in [5.41, 5.74) is 1.78. The molecule has 1 saturated heterocycles. The van der Waals surface area contributed by atoms with Crippen LogP contribution >= 0.6 is 0 Å². The molecule has 31 heavy (non-hydrogen) atoms. The van der Waals surface area contributed by atoms with Crippen LogP contribution < -0.4 is 0 Å². The highest BCUT2D eigenvalue weighted by Gasteiger charge is 2.31. The summed E-state index contributed by atoms with van der Waals surface area (Å²) in [4.78, 5) is 11.6. The van der Waals surface area contributed by atoms with Crippen molar-refractivity contribution >= 4 is 21.1 Å². The Balaban J connectivity index is 1.29. The topological polar surface area (TPSA) is 92.8 Å². The lowest BCUT2D eigenvalue weighted by Crippen LogP contribution is -2.51. The zero-order chi connectivity index (χ0) is 21.8. The number of aromatic amines is 1. The van der Waals surface area contributed by atoms with Gasteiger partial charge in [-0.15, -0.1) is 0 Å². The summed E-state index contributed by atoms with van der Waals surface area (Å²) < 4.78 is 27.7. The van der Waals surface area contributed by atoms with Crippen LogP contribution in [0.2, 0.25) is 0 Å². The minimum absolute atomic E-state index is 0.270. The fourth-order valence-corrected chi connectivity index (χ4v) is 5.68. The van der Waals surface area contributed by atoms with E-state index in [0.29, 0.717) is 50.3 Å². The Morgan fingerprint density at radius 1 is 1.13 bits per heavy atom. The minimum Gasteiger partial charge on any atom is -0.390 e. The van der Waals surface area contributed by atoms with E-state index in [2.05, 4.69) is 31.9 Å². The molecule has 1 aromatic carbocycles. The number of piperazine rings is 1. The summed E-state index contributed by atoms with van der Waals surface area (Å²) in [6.07, 6.45) is 2.67. The molecule has 2 N–H and O–H groups in total. The molecule has 1 unspecified atom stereocenters. The molecular weight excluding hydrogens is 414 g/mol. The van der Waals surface area contributed by atoms with Gasteiger partial charge in [-0.25, -0.2) is 13.4 Å². The molecular formula is C22H29N5O3S. The van der Waals surface area contributed by atoms with Crippen molar-refractivity contribution in [1.29, 1.82) is 0 Å². The van der Waals surface area contributed by atoms with Crippen LogP contribution in [-0.4, -0.2) is 90.0 Å². The molecule has 8 nitrogen and oxygen atoms in total. The van der Waals surface area contributed by atoms with E-state index in [4.69, 9.17) is 0 Å². The Kier molecular flexibility index (Phi) is 6.68. The van der Waals surface area contributed by atoms with Gasteiger partial charge in [-0.1, -0.05) is 30.3 Å². The zero-order valence-electron chi connectivity index (χ0n) is 17.7. The van der Waals surface area contributed by atoms with Gasteiger partial charge in [0.1, 0.15) is 10.5 Å². The van der Waals surface area contributed by atoms with Crippen LogP contribution in [0.25, 0.3) is 11.0 Å². The predicted molar refractivity (Wildman–Crippen MR) is 120 cm³/mol. The average Bonchev–Trinajstić information content (AvgIpc) is 3.20. The predicted octanol–water partition coefficient (Wildman–Crippen LogP) is 1.36. The monoisotopic (exact) mass is 443 g/mol. The maximum absolute atomic E-state index is 13.1. The van der Waals surface area contributed by atoms with Crippen molar-refractivity contribution in [2.75, 3.05) is 46.3 Å². The van der Waals surface area contributed by atoms with Crippen LogP contribution in [-0.2, 0) is 16.6 Å². The molecule has 3 heterocycles. The third kappa shape index (κ3) is 5.13. The quantitative estimate of drug-likeness (QED) is 0.546. The number of aliphatic hydroxyl groups is 1. The SMILES string of the molecule is CN(Cc1ccccc1)CC(O)CN1CCN(S(=O)(=O)c2c[nH]c3ncccc23)CC1. The van der Waals surface area contributed by atoms with E-state index in [1.54, 1.807) is 18.3 Å². The smallest absolute Gasteiger partial charge is 0.245 e. The number of H-pyrrole nitrogens is 1. The molecule has 0 radical (unpaired) electrons. The maximum atomic E-state index is 13.1. The fraction of sp³-hybridized carbons (Fsp3) is 0.409. The Labute approximate surface area is 183 Å². The molecule has 0 saturated carbocycles. The van der Waals surface area contributed by atoms with E-state index in [1.165, 1.54) is 16.1 Å². The number of fused-ring (bicyclic) bond motifs is 1. The van der Waals surface area contributed by atoms with Crippen LogP contribution in [0.4, 0.5) is 0 Å². The number of rotatable bonds is 8. The highest BCUT2D eigenvalue weighted by molar-refractivity contribution is 7.89. The Morgan fingerprint density at radius 3 is 2.61 bits per heavy atom. The number of hydrogen-bond acceptors (Lipinski definition) is 6. The summed E-state index contributed by atoms with van der Waals surface area (Å²) in [5, 5.41) is 11.1. The van der Waals surface area contributed by atoms with Gasteiger partial charge in [-0.3, -0.25) is 9.80 Å². The van der Waals surface area contributed by atoms with Crippen LogP contribution in [0, 0.1) is 0 Å². The van der Waals surface area contributed by atoms with Crippen molar-refractivity contribution in [2.24, 2.45) is 0 Å². The number of nitrogens with one attached hydrogen (secondary N) is 1. The second-order valence-electron chi connectivity index (χ2n) is 8.09. The van der Waals surface area contributed by atoms with Gasteiger partial charge in [0.25, 0.3) is 0 Å². The number of likely N-dealkylation sites (N-methyl/N-ethyl adjacent to an activating group) is 1. The van der Waals surface area contributed by atoms with Gasteiger partial charge in [0, 0.05) is 63.6 Å². The lowest BCUT2D eigenvalue weighted by Gasteiger charge is -2.35. The minimum atomic E-state index is -3.59. The standard InChI is InChI=1S/C22H29N5O3S/c1-25(15-18-6-3-2-4-7-18)16-19(28)17-26-10-12-27(13-11-26)31(29,30)21-14-24-22-20(21)8-5-9-23-22/h2-9,14,19,28H,10-13,15-17H2,1H3,(H,23,24). The largest absolute Gasteiger partial charge is 0.390 e. The number of aromatic nitrogens is 2. The van der Waals surface area contributed by atoms with Crippen molar-refractivity contribution in [3.8, 4) is 0 Å². The number of nitrogens with zero attached hydrogens (tertiary/aromatic N) is 4. The lowest BCUT2D eigenvalue weighted by molar-refractivity contribution is 0.0669. The molecule has 0 bridgehead atoms. The third-order valence-electron chi connectivity index (χ3n) is 5.65. The molecule has 4 rings (SSSR count). The Hall–Kier alpha value is -2.30. The maximum Gasteiger partial charge on any atom is 0.245 e. The first-order valence-electron chi connectivity index (χ1n) is 10.5. The second kappa shape index (κ2) is 9.46. The lowest BCUT2D eigenvalue weighted by atomic mass is 10.2. The number of sulfonamides is 1. The first kappa shape index (κ1) is 21.9. The van der Waals surface area contributed by atoms with Gasteiger partial charge in [0.2, 0.25) is 10.0 Å². The van der Waals surface area contributed by atoms with Crippen molar-refractivity contribution in [3.63, 3.8) is 0 Å². The Bertz CT molecular complexity index is 1090. The van der Waals surface area contributed by atoms with Crippen molar-refractivity contribution < 1.29 is 13.5 Å². The summed E-state index contributed by atoms with van der Waals surface area (Å²) in [6.45, 7) is 3.88. The molecule has 1 fully saturated rings. The Morgan fingerprint density at radius 2 is 1.87 bits per heavy atom. The van der Waals surface area contributed by atoms with E-state index in [-0.39, 0.29) is 4.90 Å². The highest BCUT2D eigenvalue weighted by atomic mass is 32.2. The molecule has 0 aliphatic carbocycles. The summed E-state index contributed by atoms with van der Waals surface area (Å²) in [6, 6.07) is 13.7. The van der Waals surface area contributed by atoms with Gasteiger partial charge >= 0.3 is 0 Å². The molecule has 2 aromatic heterocycles. The van der Waals surface area contributed by atoms with Gasteiger partial charge in [0.15, 0.2) is 0 Å². The van der Waals surface area contributed by atoms with E-state index in [9.17, 15) is 13.5 Å². The van der Waals surface area contributed by atoms with E-state index in [0.717, 1.165) is 6.54 Å². The van der Waals surface area contributed by atoms with Crippen molar-refractivity contribution in [1.82, 2.24) is 24.1 Å². The number of benzene rings is 1. The van der Waals surface area contributed by atoms with Gasteiger partial charge in [0.05, 0.1) is 6.10 Å². The fourth-order valence-electron chi connectivity index (χ4n) is 4.11. The highest BCUT2D eigenvalue weighted by Crippen LogP contribution is 2.25. The average molecular weight is 444 g/mol. The van der Waals surface area contributed by atoms with Crippen LogP contribution in [0.5, 0.6) is 0 Å². The first-order chi connectivity index (χ1) is 14.9. The molecule has 166 valence electrons. The molecule has 0 spiro atoms. The van der Waals surface area contributed by atoms with Gasteiger partial charge < -0.3 is 10.1 Å². The molecule has 1 atom stereocenters. The van der Waals surface area contributed by atoms with Crippen molar-refractivity contribution in [3.05, 3.63) is 60.4 Å². The molecule has 1 aliphatic rings. The normalized spacial score (nSPS) is 17.4. The molecule has 1 aliphatic heterocycles. The van der Waals surface area contributed by atoms with Gasteiger partial charge in [-0.05, 0) is 24.7 Å². The van der Waals surface area contributed by atoms with E-state index < -0.39 is 16.1 Å². The van der Waals surface area contributed by atoms with Gasteiger partial charge in [-0.2, -0.15) is 4.31 Å². The number of aliphatic hydroxyl groups excluding tert-OH is 1.